The molecule has 0 atom stereocenters. The van der Waals surface area contributed by atoms with Crippen LogP contribution in [-0.4, -0.2) is 19.9 Å². The van der Waals surface area contributed by atoms with Gasteiger partial charge in [-0.15, -0.1) is 0 Å². The quantitative estimate of drug-likeness (QED) is 0.504. The monoisotopic (exact) mass is 381 g/mol. The van der Waals surface area contributed by atoms with Crippen LogP contribution in [0.4, 0.5) is 0 Å². The minimum Gasteiger partial charge on any atom is -0.416 e. The minimum atomic E-state index is -2.48. The van der Waals surface area contributed by atoms with Crippen molar-refractivity contribution in [3.8, 4) is 0 Å². The average molecular weight is 382 g/mol. The molecule has 0 radical (unpaired) electrons. The first-order chi connectivity index (χ1) is 12.9. The highest BCUT2D eigenvalue weighted by Crippen LogP contribution is 2.36. The lowest BCUT2D eigenvalue weighted by atomic mass is 10.2. The Balaban J connectivity index is 1.90. The van der Waals surface area contributed by atoms with Crippen molar-refractivity contribution in [1.82, 2.24) is 4.98 Å². The van der Waals surface area contributed by atoms with Crippen LogP contribution in [0.3, 0.4) is 0 Å². The van der Waals surface area contributed by atoms with Crippen molar-refractivity contribution in [3.05, 3.63) is 83.2 Å². The maximum Gasteiger partial charge on any atom is 0.416 e. The second-order valence-corrected chi connectivity index (χ2v) is 12.1. The SMILES string of the molecule is CC(C)(C)[Si](OCCCc1coc(=O)[nH]1)(c1ccccc1)c1ccccc1. The lowest BCUT2D eigenvalue weighted by Crippen LogP contribution is -2.66. The number of oxazole rings is 1. The Hall–Kier alpha value is -2.37. The first kappa shape index (κ1) is 19.4. The maximum atomic E-state index is 11.1. The number of aromatic nitrogens is 1. The first-order valence-corrected chi connectivity index (χ1v) is 11.3. The predicted octanol–water partition coefficient (Wildman–Crippen LogP) is 3.48. The third-order valence-corrected chi connectivity index (χ3v) is 9.94. The molecule has 1 N–H and O–H groups in total. The molecule has 2 aromatic carbocycles. The lowest BCUT2D eigenvalue weighted by molar-refractivity contribution is 0.291. The van der Waals surface area contributed by atoms with E-state index >= 15 is 0 Å². The Kier molecular flexibility index (Phi) is 5.82. The fourth-order valence-corrected chi connectivity index (χ4v) is 8.29. The van der Waals surface area contributed by atoms with Gasteiger partial charge in [0.2, 0.25) is 0 Å². The standard InChI is InChI=1S/C22H27NO3Si/c1-22(2,3)27(19-12-6-4-7-13-19,20-14-8-5-9-15-20)26-16-10-11-18-17-25-21(24)23-18/h4-9,12-15,17H,10-11,16H2,1-3H3,(H,23,24). The van der Waals surface area contributed by atoms with Crippen LogP contribution in [0, 0.1) is 0 Å². The van der Waals surface area contributed by atoms with E-state index in [2.05, 4.69) is 74.3 Å². The van der Waals surface area contributed by atoms with Gasteiger partial charge in [-0.1, -0.05) is 81.4 Å². The zero-order valence-corrected chi connectivity index (χ0v) is 17.2. The van der Waals surface area contributed by atoms with Gasteiger partial charge in [-0.25, -0.2) is 4.79 Å². The summed E-state index contributed by atoms with van der Waals surface area (Å²) < 4.78 is 11.6. The van der Waals surface area contributed by atoms with Crippen LogP contribution in [0.15, 0.2) is 76.1 Å². The van der Waals surface area contributed by atoms with Crippen molar-refractivity contribution in [3.63, 3.8) is 0 Å². The number of nitrogens with one attached hydrogen (secondary N) is 1. The molecule has 0 spiro atoms. The molecular formula is C22H27NO3Si. The van der Waals surface area contributed by atoms with Gasteiger partial charge in [0.1, 0.15) is 6.26 Å². The molecule has 1 heterocycles. The molecule has 3 aromatic rings. The number of aryl methyl sites for hydroxylation is 1. The Bertz CT molecular complexity index is 855. The van der Waals surface area contributed by atoms with E-state index < -0.39 is 14.1 Å². The summed E-state index contributed by atoms with van der Waals surface area (Å²) in [7, 11) is -2.48. The number of H-pyrrole nitrogens is 1. The van der Waals surface area contributed by atoms with Gasteiger partial charge < -0.3 is 8.84 Å². The van der Waals surface area contributed by atoms with Crippen molar-refractivity contribution < 1.29 is 8.84 Å². The van der Waals surface area contributed by atoms with E-state index in [-0.39, 0.29) is 5.04 Å². The minimum absolute atomic E-state index is 0.0281. The van der Waals surface area contributed by atoms with Crippen LogP contribution < -0.4 is 16.1 Å². The van der Waals surface area contributed by atoms with Crippen molar-refractivity contribution in [2.45, 2.75) is 38.7 Å². The summed E-state index contributed by atoms with van der Waals surface area (Å²) in [6.07, 6.45) is 3.04. The highest BCUT2D eigenvalue weighted by molar-refractivity contribution is 6.99. The molecule has 0 amide bonds. The molecule has 0 aliphatic carbocycles. The fourth-order valence-electron chi connectivity index (χ4n) is 3.69. The molecule has 0 aliphatic heterocycles. The second-order valence-electron chi connectivity index (χ2n) is 7.79. The van der Waals surface area contributed by atoms with Crippen LogP contribution in [0.1, 0.15) is 32.9 Å². The van der Waals surface area contributed by atoms with Crippen LogP contribution in [-0.2, 0) is 10.8 Å². The van der Waals surface area contributed by atoms with E-state index in [4.69, 9.17) is 8.84 Å². The van der Waals surface area contributed by atoms with E-state index in [0.717, 1.165) is 18.5 Å². The third kappa shape index (κ3) is 4.15. The Labute approximate surface area is 161 Å². The summed E-state index contributed by atoms with van der Waals surface area (Å²) in [4.78, 5) is 13.8. The molecule has 5 heteroatoms. The van der Waals surface area contributed by atoms with Gasteiger partial charge in [0.25, 0.3) is 8.32 Å². The topological polar surface area (TPSA) is 55.2 Å². The first-order valence-electron chi connectivity index (χ1n) is 9.35. The smallest absolute Gasteiger partial charge is 0.416 e. The zero-order chi connectivity index (χ0) is 19.3. The molecule has 0 aliphatic rings. The summed E-state index contributed by atoms with van der Waals surface area (Å²) in [6.45, 7) is 7.44. The highest BCUT2D eigenvalue weighted by atomic mass is 28.4. The molecule has 0 bridgehead atoms. The number of rotatable bonds is 7. The van der Waals surface area contributed by atoms with E-state index in [1.54, 1.807) is 0 Å². The Morgan fingerprint density at radius 3 is 1.96 bits per heavy atom. The average Bonchev–Trinajstić information content (AvgIpc) is 3.07. The van der Waals surface area contributed by atoms with Gasteiger partial charge in [0, 0.05) is 6.61 Å². The van der Waals surface area contributed by atoms with Gasteiger partial charge in [-0.2, -0.15) is 0 Å². The zero-order valence-electron chi connectivity index (χ0n) is 16.2. The van der Waals surface area contributed by atoms with Crippen molar-refractivity contribution in [2.24, 2.45) is 0 Å². The third-order valence-electron chi connectivity index (χ3n) is 4.90. The molecule has 27 heavy (non-hydrogen) atoms. The van der Waals surface area contributed by atoms with E-state index in [1.807, 2.05) is 12.1 Å². The van der Waals surface area contributed by atoms with E-state index in [9.17, 15) is 4.79 Å². The molecule has 1 aromatic heterocycles. The van der Waals surface area contributed by atoms with Gasteiger partial charge in [-0.3, -0.25) is 4.98 Å². The molecule has 3 rings (SSSR count). The summed E-state index contributed by atoms with van der Waals surface area (Å²) in [5, 5.41) is 2.53. The fraction of sp³-hybridized carbons (Fsp3) is 0.318. The van der Waals surface area contributed by atoms with Crippen LogP contribution in [0.25, 0.3) is 0 Å². The van der Waals surface area contributed by atoms with Crippen LogP contribution >= 0.6 is 0 Å². The van der Waals surface area contributed by atoms with E-state index in [0.29, 0.717) is 6.61 Å². The molecule has 0 unspecified atom stereocenters. The summed E-state index contributed by atoms with van der Waals surface area (Å²) in [5.41, 5.74) is 0.811. The van der Waals surface area contributed by atoms with Gasteiger partial charge in [-0.05, 0) is 28.3 Å². The second kappa shape index (κ2) is 8.11. The largest absolute Gasteiger partial charge is 0.416 e. The van der Waals surface area contributed by atoms with Gasteiger partial charge in [0.05, 0.1) is 5.69 Å². The van der Waals surface area contributed by atoms with Crippen molar-refractivity contribution in [2.75, 3.05) is 6.61 Å². The van der Waals surface area contributed by atoms with Crippen molar-refractivity contribution >= 4 is 18.7 Å². The Morgan fingerprint density at radius 1 is 0.963 bits per heavy atom. The molecule has 142 valence electrons. The van der Waals surface area contributed by atoms with Gasteiger partial charge in [0.15, 0.2) is 0 Å². The molecular weight excluding hydrogens is 354 g/mol. The number of benzene rings is 2. The van der Waals surface area contributed by atoms with Crippen LogP contribution in [0.2, 0.25) is 5.04 Å². The highest BCUT2D eigenvalue weighted by Gasteiger charge is 2.49. The molecule has 0 saturated carbocycles. The normalized spacial score (nSPS) is 12.3. The lowest BCUT2D eigenvalue weighted by Gasteiger charge is -2.43. The summed E-state index contributed by atoms with van der Waals surface area (Å²) in [6, 6.07) is 21.2. The molecule has 0 fully saturated rings. The van der Waals surface area contributed by atoms with Crippen molar-refractivity contribution in [1.29, 1.82) is 0 Å². The number of aromatic amines is 1. The predicted molar refractivity (Wildman–Crippen MR) is 111 cm³/mol. The van der Waals surface area contributed by atoms with E-state index in [1.165, 1.54) is 16.6 Å². The molecule has 0 saturated heterocycles. The summed E-state index contributed by atoms with van der Waals surface area (Å²) in [5.74, 6) is -0.405. The number of hydrogen-bond donors (Lipinski definition) is 1. The number of hydrogen-bond acceptors (Lipinski definition) is 3. The summed E-state index contributed by atoms with van der Waals surface area (Å²) >= 11 is 0. The van der Waals surface area contributed by atoms with Crippen LogP contribution in [0.5, 0.6) is 0 Å². The molecule has 4 nitrogen and oxygen atoms in total. The Morgan fingerprint density at radius 2 is 1.52 bits per heavy atom. The van der Waals surface area contributed by atoms with Gasteiger partial charge >= 0.3 is 5.76 Å². The maximum absolute atomic E-state index is 11.1.